The zero-order chi connectivity index (χ0) is 14.4. The van der Waals surface area contributed by atoms with Gasteiger partial charge in [-0.1, -0.05) is 33.3 Å². The highest BCUT2D eigenvalue weighted by molar-refractivity contribution is 5.46. The standard InChI is InChI=1S/C17H29N3/c1-4-5-10-18-17-15(8-6-11-19-17)16-9-7-12-20(16)13-14(2)3/h6,8,11,14,16H,4-5,7,9-10,12-13H2,1-3H3,(H,18,19)/t16-/m0/s1. The van der Waals surface area contributed by atoms with E-state index in [9.17, 15) is 0 Å². The maximum Gasteiger partial charge on any atom is 0.130 e. The number of hydrogen-bond acceptors (Lipinski definition) is 3. The van der Waals surface area contributed by atoms with Gasteiger partial charge in [0.05, 0.1) is 0 Å². The molecule has 1 aliphatic heterocycles. The summed E-state index contributed by atoms with van der Waals surface area (Å²) in [5.41, 5.74) is 1.39. The second-order valence-corrected chi connectivity index (χ2v) is 6.27. The van der Waals surface area contributed by atoms with Gasteiger partial charge in [0.15, 0.2) is 0 Å². The Balaban J connectivity index is 2.10. The van der Waals surface area contributed by atoms with Gasteiger partial charge in [0.1, 0.15) is 5.82 Å². The van der Waals surface area contributed by atoms with E-state index in [1.54, 1.807) is 0 Å². The van der Waals surface area contributed by atoms with E-state index in [-0.39, 0.29) is 0 Å². The fourth-order valence-electron chi connectivity index (χ4n) is 3.08. The molecule has 3 heteroatoms. The zero-order valence-corrected chi connectivity index (χ0v) is 13.2. The fraction of sp³-hybridized carbons (Fsp3) is 0.706. The molecular weight excluding hydrogens is 246 g/mol. The summed E-state index contributed by atoms with van der Waals surface area (Å²) in [6.07, 6.45) is 6.90. The molecule has 1 N–H and O–H groups in total. The number of likely N-dealkylation sites (tertiary alicyclic amines) is 1. The summed E-state index contributed by atoms with van der Waals surface area (Å²) in [6.45, 7) is 10.3. The Hall–Kier alpha value is -1.09. The summed E-state index contributed by atoms with van der Waals surface area (Å²) in [4.78, 5) is 7.20. The van der Waals surface area contributed by atoms with Crippen LogP contribution in [0.4, 0.5) is 5.82 Å². The Labute approximate surface area is 123 Å². The lowest BCUT2D eigenvalue weighted by atomic mass is 10.0. The molecule has 0 radical (unpaired) electrons. The van der Waals surface area contributed by atoms with Crippen molar-refractivity contribution in [3.63, 3.8) is 0 Å². The number of anilines is 1. The Kier molecular flexibility index (Phi) is 5.84. The highest BCUT2D eigenvalue weighted by Crippen LogP contribution is 2.35. The number of aromatic nitrogens is 1. The van der Waals surface area contributed by atoms with Crippen LogP contribution < -0.4 is 5.32 Å². The Morgan fingerprint density at radius 3 is 3.05 bits per heavy atom. The molecule has 1 aromatic rings. The molecule has 1 aromatic heterocycles. The minimum Gasteiger partial charge on any atom is -0.370 e. The molecule has 112 valence electrons. The van der Waals surface area contributed by atoms with E-state index in [1.807, 2.05) is 6.20 Å². The van der Waals surface area contributed by atoms with Crippen LogP contribution in [0.3, 0.4) is 0 Å². The molecule has 1 fully saturated rings. The van der Waals surface area contributed by atoms with Crippen molar-refractivity contribution in [1.82, 2.24) is 9.88 Å². The third kappa shape index (κ3) is 3.95. The van der Waals surface area contributed by atoms with E-state index in [0.29, 0.717) is 6.04 Å². The average molecular weight is 275 g/mol. The summed E-state index contributed by atoms with van der Waals surface area (Å²) >= 11 is 0. The molecule has 3 nitrogen and oxygen atoms in total. The van der Waals surface area contributed by atoms with Gasteiger partial charge in [0.2, 0.25) is 0 Å². The van der Waals surface area contributed by atoms with Crippen molar-refractivity contribution in [3.05, 3.63) is 23.9 Å². The van der Waals surface area contributed by atoms with E-state index in [0.717, 1.165) is 18.3 Å². The third-order valence-corrected chi connectivity index (χ3v) is 3.98. The molecule has 0 unspecified atom stereocenters. The Morgan fingerprint density at radius 2 is 2.30 bits per heavy atom. The summed E-state index contributed by atoms with van der Waals surface area (Å²) < 4.78 is 0. The van der Waals surface area contributed by atoms with E-state index in [1.165, 1.54) is 44.3 Å². The van der Waals surface area contributed by atoms with E-state index >= 15 is 0 Å². The maximum absolute atomic E-state index is 4.57. The molecule has 0 bridgehead atoms. The van der Waals surface area contributed by atoms with Gasteiger partial charge >= 0.3 is 0 Å². The average Bonchev–Trinajstić information content (AvgIpc) is 2.87. The second kappa shape index (κ2) is 7.63. The van der Waals surface area contributed by atoms with Gasteiger partial charge in [-0.3, -0.25) is 4.90 Å². The van der Waals surface area contributed by atoms with Gasteiger partial charge in [-0.05, 0) is 37.8 Å². The first-order valence-corrected chi connectivity index (χ1v) is 8.15. The van der Waals surface area contributed by atoms with Crippen molar-refractivity contribution in [2.75, 3.05) is 25.0 Å². The van der Waals surface area contributed by atoms with Crippen LogP contribution >= 0.6 is 0 Å². The number of pyridine rings is 1. The van der Waals surface area contributed by atoms with Crippen LogP contribution in [0.15, 0.2) is 18.3 Å². The normalized spacial score (nSPS) is 19.7. The molecule has 2 rings (SSSR count). The smallest absolute Gasteiger partial charge is 0.130 e. The summed E-state index contributed by atoms with van der Waals surface area (Å²) in [5.74, 6) is 1.82. The van der Waals surface area contributed by atoms with Gasteiger partial charge in [0.25, 0.3) is 0 Å². The molecule has 2 heterocycles. The third-order valence-electron chi connectivity index (χ3n) is 3.98. The maximum atomic E-state index is 4.57. The summed E-state index contributed by atoms with van der Waals surface area (Å²) in [5, 5.41) is 3.53. The van der Waals surface area contributed by atoms with Gasteiger partial charge in [-0.15, -0.1) is 0 Å². The highest BCUT2D eigenvalue weighted by atomic mass is 15.2. The lowest BCUT2D eigenvalue weighted by Crippen LogP contribution is -2.28. The molecule has 0 amide bonds. The molecular formula is C17H29N3. The minimum absolute atomic E-state index is 0.551. The second-order valence-electron chi connectivity index (χ2n) is 6.27. The molecule has 20 heavy (non-hydrogen) atoms. The van der Waals surface area contributed by atoms with Crippen LogP contribution in [0.25, 0.3) is 0 Å². The Morgan fingerprint density at radius 1 is 1.45 bits per heavy atom. The lowest BCUT2D eigenvalue weighted by molar-refractivity contribution is 0.229. The minimum atomic E-state index is 0.551. The Bertz CT molecular complexity index is 403. The van der Waals surface area contributed by atoms with Crippen molar-refractivity contribution < 1.29 is 0 Å². The van der Waals surface area contributed by atoms with E-state index < -0.39 is 0 Å². The molecule has 1 atom stereocenters. The largest absolute Gasteiger partial charge is 0.370 e. The number of rotatable bonds is 7. The quantitative estimate of drug-likeness (QED) is 0.760. The van der Waals surface area contributed by atoms with Crippen LogP contribution in [-0.2, 0) is 0 Å². The number of nitrogens with one attached hydrogen (secondary N) is 1. The highest BCUT2D eigenvalue weighted by Gasteiger charge is 2.28. The molecule has 1 aliphatic rings. The fourth-order valence-corrected chi connectivity index (χ4v) is 3.08. The summed E-state index contributed by atoms with van der Waals surface area (Å²) in [7, 11) is 0. The van der Waals surface area contributed by atoms with E-state index in [4.69, 9.17) is 0 Å². The predicted octanol–water partition coefficient (Wildman–Crippen LogP) is 4.09. The van der Waals surface area contributed by atoms with Gasteiger partial charge in [0, 0.05) is 30.9 Å². The van der Waals surface area contributed by atoms with Crippen LogP contribution in [-0.4, -0.2) is 29.5 Å². The lowest BCUT2D eigenvalue weighted by Gasteiger charge is -2.27. The number of unbranched alkanes of at least 4 members (excludes halogenated alkanes) is 1. The van der Waals surface area contributed by atoms with Crippen LogP contribution in [0.1, 0.15) is 58.1 Å². The van der Waals surface area contributed by atoms with Crippen molar-refractivity contribution >= 4 is 5.82 Å². The van der Waals surface area contributed by atoms with Crippen LogP contribution in [0.2, 0.25) is 0 Å². The van der Waals surface area contributed by atoms with Gasteiger partial charge in [-0.25, -0.2) is 4.98 Å². The predicted molar refractivity (Wildman–Crippen MR) is 86.0 cm³/mol. The first-order valence-electron chi connectivity index (χ1n) is 8.15. The number of nitrogens with zero attached hydrogens (tertiary/aromatic N) is 2. The molecule has 1 saturated heterocycles. The molecule has 0 aromatic carbocycles. The number of hydrogen-bond donors (Lipinski definition) is 1. The van der Waals surface area contributed by atoms with Crippen molar-refractivity contribution in [3.8, 4) is 0 Å². The monoisotopic (exact) mass is 275 g/mol. The van der Waals surface area contributed by atoms with Crippen LogP contribution in [0, 0.1) is 5.92 Å². The summed E-state index contributed by atoms with van der Waals surface area (Å²) in [6, 6.07) is 4.88. The van der Waals surface area contributed by atoms with Crippen molar-refractivity contribution in [2.45, 2.75) is 52.5 Å². The van der Waals surface area contributed by atoms with Gasteiger partial charge in [-0.2, -0.15) is 0 Å². The first-order chi connectivity index (χ1) is 9.72. The van der Waals surface area contributed by atoms with Crippen molar-refractivity contribution in [1.29, 1.82) is 0 Å². The van der Waals surface area contributed by atoms with Gasteiger partial charge < -0.3 is 5.32 Å². The topological polar surface area (TPSA) is 28.2 Å². The molecule has 0 saturated carbocycles. The SMILES string of the molecule is CCCCNc1ncccc1[C@@H]1CCCN1CC(C)C. The van der Waals surface area contributed by atoms with E-state index in [2.05, 4.69) is 48.1 Å². The van der Waals surface area contributed by atoms with Crippen molar-refractivity contribution in [2.24, 2.45) is 5.92 Å². The zero-order valence-electron chi connectivity index (χ0n) is 13.2. The first kappa shape index (κ1) is 15.3. The molecule has 0 aliphatic carbocycles. The van der Waals surface area contributed by atoms with Crippen LogP contribution in [0.5, 0.6) is 0 Å². The molecule has 0 spiro atoms.